The molecule has 3 rings (SSSR count). The van der Waals surface area contributed by atoms with Gasteiger partial charge in [0.05, 0.1) is 18.6 Å². The minimum absolute atomic E-state index is 0.0241. The van der Waals surface area contributed by atoms with Gasteiger partial charge in [-0.1, -0.05) is 30.3 Å². The Kier molecular flexibility index (Phi) is 5.11. The molecule has 126 valence electrons. The van der Waals surface area contributed by atoms with Crippen molar-refractivity contribution in [3.63, 3.8) is 0 Å². The van der Waals surface area contributed by atoms with Gasteiger partial charge in [0.15, 0.2) is 0 Å². The highest BCUT2D eigenvalue weighted by molar-refractivity contribution is 5.79. The van der Waals surface area contributed by atoms with Gasteiger partial charge in [0.25, 0.3) is 5.56 Å². The summed E-state index contributed by atoms with van der Waals surface area (Å²) in [6.45, 7) is 0.980. The highest BCUT2D eigenvalue weighted by Crippen LogP contribution is 2.25. The summed E-state index contributed by atoms with van der Waals surface area (Å²) in [6.07, 6.45) is 3.65. The average Bonchev–Trinajstić information content (AvgIpc) is 3.02. The lowest BCUT2D eigenvalue weighted by Crippen LogP contribution is -2.34. The molecule has 0 saturated heterocycles. The molecule has 2 aromatic rings. The van der Waals surface area contributed by atoms with Crippen LogP contribution < -0.4 is 10.9 Å². The molecule has 5 heteroatoms. The third-order valence-electron chi connectivity index (χ3n) is 4.56. The number of nitrogens with zero attached hydrogens (tertiary/aromatic N) is 1. The molecule has 1 aromatic heterocycles. The number of aliphatic hydroxyl groups excluding tert-OH is 1. The van der Waals surface area contributed by atoms with E-state index >= 15 is 0 Å². The van der Waals surface area contributed by atoms with Crippen LogP contribution in [0.2, 0.25) is 0 Å². The summed E-state index contributed by atoms with van der Waals surface area (Å²) < 4.78 is 1.65. The van der Waals surface area contributed by atoms with Crippen LogP contribution in [0, 0.1) is 5.92 Å². The Labute approximate surface area is 140 Å². The molecule has 2 N–H and O–H groups in total. The number of carbonyl (C=O) groups excluding carboxylic acids is 1. The van der Waals surface area contributed by atoms with Crippen molar-refractivity contribution >= 4 is 5.91 Å². The van der Waals surface area contributed by atoms with Gasteiger partial charge in [-0.25, -0.2) is 0 Å². The normalized spacial score (nSPS) is 20.0. The Bertz CT molecular complexity index is 752. The van der Waals surface area contributed by atoms with Crippen LogP contribution in [0.25, 0.3) is 0 Å². The highest BCUT2D eigenvalue weighted by Gasteiger charge is 2.31. The summed E-state index contributed by atoms with van der Waals surface area (Å²) >= 11 is 0. The number of amides is 1. The maximum absolute atomic E-state index is 12.1. The van der Waals surface area contributed by atoms with Gasteiger partial charge in [-0.2, -0.15) is 0 Å². The molecule has 5 nitrogen and oxygen atoms in total. The predicted octanol–water partition coefficient (Wildman–Crippen LogP) is 1.67. The second-order valence-electron chi connectivity index (χ2n) is 6.31. The van der Waals surface area contributed by atoms with Gasteiger partial charge < -0.3 is 15.0 Å². The zero-order valence-corrected chi connectivity index (χ0v) is 13.5. The van der Waals surface area contributed by atoms with E-state index in [-0.39, 0.29) is 17.4 Å². The lowest BCUT2D eigenvalue weighted by Gasteiger charge is -2.14. The zero-order chi connectivity index (χ0) is 16.9. The van der Waals surface area contributed by atoms with Crippen molar-refractivity contribution in [3.8, 4) is 0 Å². The van der Waals surface area contributed by atoms with E-state index in [0.29, 0.717) is 19.5 Å². The first-order valence-corrected chi connectivity index (χ1v) is 8.32. The third kappa shape index (κ3) is 3.92. The molecule has 24 heavy (non-hydrogen) atoms. The Balaban J connectivity index is 1.56. The van der Waals surface area contributed by atoms with Crippen LogP contribution in [0.4, 0.5) is 0 Å². The maximum atomic E-state index is 12.1. The smallest absolute Gasteiger partial charge is 0.250 e. The monoisotopic (exact) mass is 326 g/mol. The lowest BCUT2D eigenvalue weighted by molar-refractivity contribution is -0.127. The van der Waals surface area contributed by atoms with Crippen LogP contribution in [-0.4, -0.2) is 21.7 Å². The topological polar surface area (TPSA) is 71.3 Å². The maximum Gasteiger partial charge on any atom is 0.250 e. The van der Waals surface area contributed by atoms with Crippen LogP contribution in [-0.2, 0) is 17.9 Å². The van der Waals surface area contributed by atoms with Crippen molar-refractivity contribution in [3.05, 3.63) is 70.1 Å². The number of rotatable bonds is 5. The summed E-state index contributed by atoms with van der Waals surface area (Å²) in [6, 6.07) is 12.9. The number of nitrogens with one attached hydrogen (secondary N) is 1. The highest BCUT2D eigenvalue weighted by atomic mass is 16.3. The second-order valence-corrected chi connectivity index (χ2v) is 6.31. The minimum Gasteiger partial charge on any atom is -0.392 e. The molecule has 2 unspecified atom stereocenters. The van der Waals surface area contributed by atoms with Gasteiger partial charge in [-0.05, 0) is 36.5 Å². The molecule has 0 bridgehead atoms. The molecule has 1 fully saturated rings. The second kappa shape index (κ2) is 7.45. The van der Waals surface area contributed by atoms with Gasteiger partial charge in [0.2, 0.25) is 5.91 Å². The van der Waals surface area contributed by atoms with Crippen LogP contribution in [0.3, 0.4) is 0 Å². The number of aliphatic hydroxyl groups is 1. The van der Waals surface area contributed by atoms with E-state index in [1.54, 1.807) is 22.9 Å². The van der Waals surface area contributed by atoms with Crippen LogP contribution in [0.5, 0.6) is 0 Å². The Hall–Kier alpha value is -2.40. The SMILES string of the molecule is O=C(NCc1ccc(Cn2ccccc2=O)cc1)C1CCCC1O. The van der Waals surface area contributed by atoms with Gasteiger partial charge >= 0.3 is 0 Å². The fourth-order valence-electron chi connectivity index (χ4n) is 3.12. The lowest BCUT2D eigenvalue weighted by atomic mass is 10.0. The molecule has 0 aliphatic heterocycles. The van der Waals surface area contributed by atoms with E-state index in [1.165, 1.54) is 0 Å². The number of hydrogen-bond acceptors (Lipinski definition) is 3. The Morgan fingerprint density at radius 3 is 2.54 bits per heavy atom. The molecule has 0 spiro atoms. The average molecular weight is 326 g/mol. The first kappa shape index (κ1) is 16.5. The van der Waals surface area contributed by atoms with Crippen molar-refractivity contribution < 1.29 is 9.90 Å². The number of benzene rings is 1. The number of carbonyl (C=O) groups is 1. The van der Waals surface area contributed by atoms with Crippen LogP contribution >= 0.6 is 0 Å². The van der Waals surface area contributed by atoms with Gasteiger partial charge in [0, 0.05) is 18.8 Å². The van der Waals surface area contributed by atoms with Crippen molar-refractivity contribution in [2.24, 2.45) is 5.92 Å². The number of pyridine rings is 1. The Morgan fingerprint density at radius 1 is 1.12 bits per heavy atom. The predicted molar refractivity (Wildman–Crippen MR) is 91.4 cm³/mol. The molecule has 0 radical (unpaired) electrons. The zero-order valence-electron chi connectivity index (χ0n) is 13.5. The molecule has 1 aliphatic rings. The quantitative estimate of drug-likeness (QED) is 0.878. The van der Waals surface area contributed by atoms with Gasteiger partial charge in [-0.3, -0.25) is 9.59 Å². The molecule has 1 aromatic carbocycles. The van der Waals surface area contributed by atoms with Gasteiger partial charge in [0.1, 0.15) is 0 Å². The fraction of sp³-hybridized carbons (Fsp3) is 0.368. The van der Waals surface area contributed by atoms with E-state index in [0.717, 1.165) is 24.0 Å². The molecule has 1 amide bonds. The molecule has 1 saturated carbocycles. The third-order valence-corrected chi connectivity index (χ3v) is 4.56. The first-order valence-electron chi connectivity index (χ1n) is 8.32. The van der Waals surface area contributed by atoms with E-state index in [4.69, 9.17) is 0 Å². The molecular formula is C19H22N2O3. The molecule has 1 heterocycles. The minimum atomic E-state index is -0.503. The fourth-order valence-corrected chi connectivity index (χ4v) is 3.12. The summed E-state index contributed by atoms with van der Waals surface area (Å²) in [5.41, 5.74) is 2.01. The van der Waals surface area contributed by atoms with Crippen molar-refractivity contribution in [2.75, 3.05) is 0 Å². The standard InChI is InChI=1S/C19H22N2O3/c22-17-5-3-4-16(17)19(24)20-12-14-7-9-15(10-8-14)13-21-11-2-1-6-18(21)23/h1-2,6-11,16-17,22H,3-5,12-13H2,(H,20,24). The number of hydrogen-bond donors (Lipinski definition) is 2. The summed E-state index contributed by atoms with van der Waals surface area (Å²) in [4.78, 5) is 23.8. The summed E-state index contributed by atoms with van der Waals surface area (Å²) in [5.74, 6) is -0.339. The molecule has 2 atom stereocenters. The van der Waals surface area contributed by atoms with Gasteiger partial charge in [-0.15, -0.1) is 0 Å². The summed E-state index contributed by atoms with van der Waals surface area (Å²) in [5, 5.41) is 12.7. The van der Waals surface area contributed by atoms with E-state index in [9.17, 15) is 14.7 Å². The number of aromatic nitrogens is 1. The van der Waals surface area contributed by atoms with Crippen LogP contribution in [0.1, 0.15) is 30.4 Å². The van der Waals surface area contributed by atoms with Crippen molar-refractivity contribution in [2.45, 2.75) is 38.5 Å². The van der Waals surface area contributed by atoms with Crippen LogP contribution in [0.15, 0.2) is 53.5 Å². The largest absolute Gasteiger partial charge is 0.392 e. The first-order chi connectivity index (χ1) is 11.6. The summed E-state index contributed by atoms with van der Waals surface area (Å²) in [7, 11) is 0. The van der Waals surface area contributed by atoms with E-state index in [2.05, 4.69) is 5.32 Å². The molecule has 1 aliphatic carbocycles. The van der Waals surface area contributed by atoms with Crippen molar-refractivity contribution in [1.82, 2.24) is 9.88 Å². The van der Waals surface area contributed by atoms with E-state index in [1.807, 2.05) is 30.3 Å². The van der Waals surface area contributed by atoms with E-state index < -0.39 is 6.10 Å². The molecular weight excluding hydrogens is 304 g/mol. The van der Waals surface area contributed by atoms with Crippen molar-refractivity contribution in [1.29, 1.82) is 0 Å². The Morgan fingerprint density at radius 2 is 1.88 bits per heavy atom.